The van der Waals surface area contributed by atoms with Crippen molar-refractivity contribution in [3.8, 4) is 0 Å². The molecule has 0 aliphatic heterocycles. The summed E-state index contributed by atoms with van der Waals surface area (Å²) in [5.41, 5.74) is 1.58. The van der Waals surface area contributed by atoms with E-state index < -0.39 is 0 Å². The van der Waals surface area contributed by atoms with E-state index in [4.69, 9.17) is 0 Å². The van der Waals surface area contributed by atoms with Gasteiger partial charge in [-0.25, -0.2) is 4.98 Å². The van der Waals surface area contributed by atoms with E-state index in [0.717, 1.165) is 13.1 Å². The first-order chi connectivity index (χ1) is 9.89. The van der Waals surface area contributed by atoms with E-state index >= 15 is 0 Å². The van der Waals surface area contributed by atoms with Gasteiger partial charge in [0, 0.05) is 12.1 Å². The predicted molar refractivity (Wildman–Crippen MR) is 79.2 cm³/mol. The summed E-state index contributed by atoms with van der Waals surface area (Å²) in [6.07, 6.45) is 9.81. The average molecular weight is 270 g/mol. The number of aromatic nitrogens is 3. The first-order valence-electron chi connectivity index (χ1n) is 7.52. The highest BCUT2D eigenvalue weighted by Gasteiger charge is 2.32. The van der Waals surface area contributed by atoms with Crippen molar-refractivity contribution in [3.63, 3.8) is 0 Å². The second kappa shape index (κ2) is 6.18. The molecule has 4 heteroatoms. The van der Waals surface area contributed by atoms with Crippen LogP contribution in [0.25, 0.3) is 0 Å². The Morgan fingerprint density at radius 3 is 2.60 bits per heavy atom. The quantitative estimate of drug-likeness (QED) is 0.908. The van der Waals surface area contributed by atoms with Crippen molar-refractivity contribution in [2.45, 2.75) is 44.2 Å². The van der Waals surface area contributed by atoms with Crippen molar-refractivity contribution in [2.24, 2.45) is 0 Å². The molecular formula is C16H22N4. The summed E-state index contributed by atoms with van der Waals surface area (Å²) < 4.78 is 1.88. The van der Waals surface area contributed by atoms with Gasteiger partial charge >= 0.3 is 0 Å². The van der Waals surface area contributed by atoms with E-state index in [1.165, 1.54) is 37.7 Å². The maximum Gasteiger partial charge on any atom is 0.137 e. The summed E-state index contributed by atoms with van der Waals surface area (Å²) in [6.45, 7) is 1.80. The predicted octanol–water partition coefficient (Wildman–Crippen LogP) is 2.73. The summed E-state index contributed by atoms with van der Waals surface area (Å²) >= 11 is 0. The smallest absolute Gasteiger partial charge is 0.137 e. The number of nitrogens with one attached hydrogen (secondary N) is 1. The lowest BCUT2D eigenvalue weighted by atomic mass is 9.76. The third-order valence-electron chi connectivity index (χ3n) is 4.30. The summed E-state index contributed by atoms with van der Waals surface area (Å²) in [5.74, 6) is 0. The number of hydrogen-bond donors (Lipinski definition) is 1. The van der Waals surface area contributed by atoms with Crippen molar-refractivity contribution in [2.75, 3.05) is 6.54 Å². The van der Waals surface area contributed by atoms with Crippen LogP contribution in [0.15, 0.2) is 43.0 Å². The molecule has 2 aromatic rings. The van der Waals surface area contributed by atoms with E-state index in [2.05, 4.69) is 45.7 Å². The number of hydrogen-bond acceptors (Lipinski definition) is 3. The molecule has 0 spiro atoms. The van der Waals surface area contributed by atoms with Gasteiger partial charge in [0.2, 0.25) is 0 Å². The number of rotatable bonds is 5. The van der Waals surface area contributed by atoms with Gasteiger partial charge in [0.1, 0.15) is 12.7 Å². The zero-order valence-corrected chi connectivity index (χ0v) is 11.8. The van der Waals surface area contributed by atoms with Crippen LogP contribution < -0.4 is 5.32 Å². The Balaban J connectivity index is 1.69. The average Bonchev–Trinajstić information content (AvgIpc) is 3.02. The molecule has 0 bridgehead atoms. The Hall–Kier alpha value is -1.68. The minimum Gasteiger partial charge on any atom is -0.306 e. The Morgan fingerprint density at radius 2 is 1.90 bits per heavy atom. The van der Waals surface area contributed by atoms with Crippen LogP contribution in [-0.4, -0.2) is 21.3 Å². The molecule has 1 saturated carbocycles. The number of nitrogens with zero attached hydrogens (tertiary/aromatic N) is 3. The fourth-order valence-electron chi connectivity index (χ4n) is 3.24. The van der Waals surface area contributed by atoms with E-state index in [-0.39, 0.29) is 5.54 Å². The first kappa shape index (κ1) is 13.3. The van der Waals surface area contributed by atoms with Crippen molar-refractivity contribution >= 4 is 0 Å². The van der Waals surface area contributed by atoms with Gasteiger partial charge in [-0.3, -0.25) is 4.68 Å². The molecule has 0 saturated heterocycles. The molecule has 4 nitrogen and oxygen atoms in total. The van der Waals surface area contributed by atoms with Crippen molar-refractivity contribution in [1.29, 1.82) is 0 Å². The lowest BCUT2D eigenvalue weighted by Crippen LogP contribution is -2.45. The molecule has 1 N–H and O–H groups in total. The normalized spacial score (nSPS) is 18.0. The van der Waals surface area contributed by atoms with E-state index in [1.807, 2.05) is 4.68 Å². The van der Waals surface area contributed by atoms with E-state index in [1.54, 1.807) is 12.7 Å². The van der Waals surface area contributed by atoms with Gasteiger partial charge in [-0.15, -0.1) is 0 Å². The lowest BCUT2D eigenvalue weighted by molar-refractivity contribution is 0.230. The molecule has 3 rings (SSSR count). The van der Waals surface area contributed by atoms with Gasteiger partial charge in [-0.05, 0) is 18.4 Å². The van der Waals surface area contributed by atoms with E-state index in [9.17, 15) is 0 Å². The summed E-state index contributed by atoms with van der Waals surface area (Å²) in [5, 5.41) is 7.96. The Kier molecular flexibility index (Phi) is 4.11. The van der Waals surface area contributed by atoms with Crippen LogP contribution in [0.1, 0.15) is 37.7 Å². The SMILES string of the molecule is c1ccc(C2(NCCn3cncn3)CCCCC2)cc1. The number of benzene rings is 1. The first-order valence-corrected chi connectivity index (χ1v) is 7.52. The third-order valence-corrected chi connectivity index (χ3v) is 4.30. The topological polar surface area (TPSA) is 42.7 Å². The molecule has 1 aromatic carbocycles. The van der Waals surface area contributed by atoms with Gasteiger partial charge in [-0.2, -0.15) is 5.10 Å². The van der Waals surface area contributed by atoms with Gasteiger partial charge in [0.25, 0.3) is 0 Å². The van der Waals surface area contributed by atoms with Crippen molar-refractivity contribution < 1.29 is 0 Å². The Morgan fingerprint density at radius 1 is 1.10 bits per heavy atom. The molecule has 106 valence electrons. The largest absolute Gasteiger partial charge is 0.306 e. The van der Waals surface area contributed by atoms with Crippen LogP contribution in [-0.2, 0) is 12.1 Å². The van der Waals surface area contributed by atoms with Crippen LogP contribution in [0.2, 0.25) is 0 Å². The molecule has 0 unspecified atom stereocenters. The van der Waals surface area contributed by atoms with Crippen LogP contribution in [0.3, 0.4) is 0 Å². The highest BCUT2D eigenvalue weighted by molar-refractivity contribution is 5.25. The Labute approximate surface area is 120 Å². The summed E-state index contributed by atoms with van der Waals surface area (Å²) in [4.78, 5) is 3.99. The summed E-state index contributed by atoms with van der Waals surface area (Å²) in [7, 11) is 0. The summed E-state index contributed by atoms with van der Waals surface area (Å²) in [6, 6.07) is 10.9. The van der Waals surface area contributed by atoms with Crippen LogP contribution in [0.4, 0.5) is 0 Å². The molecule has 1 fully saturated rings. The zero-order valence-electron chi connectivity index (χ0n) is 11.8. The van der Waals surface area contributed by atoms with Crippen LogP contribution >= 0.6 is 0 Å². The molecule has 1 aliphatic carbocycles. The van der Waals surface area contributed by atoms with Gasteiger partial charge in [-0.1, -0.05) is 49.6 Å². The minimum absolute atomic E-state index is 0.153. The third kappa shape index (κ3) is 2.90. The molecule has 20 heavy (non-hydrogen) atoms. The molecule has 0 atom stereocenters. The fraction of sp³-hybridized carbons (Fsp3) is 0.500. The maximum atomic E-state index is 4.16. The standard InChI is InChI=1S/C16H22N4/c1-3-7-15(8-4-1)16(9-5-2-6-10-16)18-11-12-20-14-17-13-19-20/h1,3-4,7-8,13-14,18H,2,5-6,9-12H2. The molecule has 1 aliphatic rings. The molecule has 1 heterocycles. The highest BCUT2D eigenvalue weighted by Crippen LogP contribution is 2.36. The van der Waals surface area contributed by atoms with Crippen molar-refractivity contribution in [1.82, 2.24) is 20.1 Å². The second-order valence-electron chi connectivity index (χ2n) is 5.59. The van der Waals surface area contributed by atoms with Crippen molar-refractivity contribution in [3.05, 3.63) is 48.5 Å². The second-order valence-corrected chi connectivity index (χ2v) is 5.59. The highest BCUT2D eigenvalue weighted by atomic mass is 15.3. The Bertz CT molecular complexity index is 501. The lowest BCUT2D eigenvalue weighted by Gasteiger charge is -2.39. The minimum atomic E-state index is 0.153. The fourth-order valence-corrected chi connectivity index (χ4v) is 3.24. The molecule has 0 amide bonds. The molecule has 0 radical (unpaired) electrons. The molecule has 1 aromatic heterocycles. The van der Waals surface area contributed by atoms with Gasteiger partial charge in [0.15, 0.2) is 0 Å². The molecular weight excluding hydrogens is 248 g/mol. The van der Waals surface area contributed by atoms with Crippen LogP contribution in [0.5, 0.6) is 0 Å². The van der Waals surface area contributed by atoms with E-state index in [0.29, 0.717) is 0 Å². The van der Waals surface area contributed by atoms with Gasteiger partial charge < -0.3 is 5.32 Å². The zero-order chi connectivity index (χ0) is 13.7. The van der Waals surface area contributed by atoms with Crippen LogP contribution in [0, 0.1) is 0 Å². The maximum absolute atomic E-state index is 4.16. The monoisotopic (exact) mass is 270 g/mol. The van der Waals surface area contributed by atoms with Gasteiger partial charge in [0.05, 0.1) is 6.54 Å².